The van der Waals surface area contributed by atoms with Gasteiger partial charge < -0.3 is 10.6 Å². The molecule has 0 unspecified atom stereocenters. The van der Waals surface area contributed by atoms with Crippen LogP contribution >= 0.6 is 0 Å². The molecule has 0 atom stereocenters. The molecule has 0 saturated heterocycles. The summed E-state index contributed by atoms with van der Waals surface area (Å²) in [6, 6.07) is 14.6. The highest BCUT2D eigenvalue weighted by atomic mass is 16.2. The standard InChI is InChI=1S/C20H24N2O2/c1-3-4-6-11-19(23)21-17-12-13-18(15(2)14-17)22-20(24)16-9-7-5-8-10-16/h5,7-10,12-14H,3-4,6,11H2,1-2H3,(H,21,23)(H,22,24). The maximum atomic E-state index is 12.2. The Morgan fingerprint density at radius 3 is 2.38 bits per heavy atom. The predicted molar refractivity (Wildman–Crippen MR) is 98.3 cm³/mol. The van der Waals surface area contributed by atoms with Gasteiger partial charge in [0.1, 0.15) is 0 Å². The molecule has 2 aromatic carbocycles. The zero-order valence-corrected chi connectivity index (χ0v) is 14.3. The van der Waals surface area contributed by atoms with Gasteiger partial charge in [-0.15, -0.1) is 0 Å². The fourth-order valence-corrected chi connectivity index (χ4v) is 2.42. The minimum absolute atomic E-state index is 0.0314. The van der Waals surface area contributed by atoms with Gasteiger partial charge in [-0.1, -0.05) is 38.0 Å². The van der Waals surface area contributed by atoms with Crippen LogP contribution in [0.3, 0.4) is 0 Å². The van der Waals surface area contributed by atoms with Crippen LogP contribution in [-0.4, -0.2) is 11.8 Å². The molecule has 126 valence electrons. The molecule has 24 heavy (non-hydrogen) atoms. The predicted octanol–water partition coefficient (Wildman–Crippen LogP) is 4.77. The molecule has 4 nitrogen and oxygen atoms in total. The summed E-state index contributed by atoms with van der Waals surface area (Å²) in [5, 5.41) is 5.80. The maximum Gasteiger partial charge on any atom is 0.255 e. The van der Waals surface area contributed by atoms with Crippen molar-refractivity contribution in [2.45, 2.75) is 39.5 Å². The quantitative estimate of drug-likeness (QED) is 0.721. The molecular weight excluding hydrogens is 300 g/mol. The summed E-state index contributed by atoms with van der Waals surface area (Å²) in [7, 11) is 0. The van der Waals surface area contributed by atoms with Crippen LogP contribution in [0.2, 0.25) is 0 Å². The smallest absolute Gasteiger partial charge is 0.255 e. The summed E-state index contributed by atoms with van der Waals surface area (Å²) in [5.74, 6) is -0.112. The lowest BCUT2D eigenvalue weighted by atomic mass is 10.1. The average molecular weight is 324 g/mol. The van der Waals surface area contributed by atoms with Gasteiger partial charge in [0.2, 0.25) is 5.91 Å². The van der Waals surface area contributed by atoms with E-state index in [1.54, 1.807) is 12.1 Å². The first-order valence-electron chi connectivity index (χ1n) is 8.37. The molecule has 2 rings (SSSR count). The molecule has 0 saturated carbocycles. The third-order valence-corrected chi connectivity index (χ3v) is 3.80. The fraction of sp³-hybridized carbons (Fsp3) is 0.300. The second-order valence-corrected chi connectivity index (χ2v) is 5.86. The third-order valence-electron chi connectivity index (χ3n) is 3.80. The van der Waals surface area contributed by atoms with Gasteiger partial charge in [-0.05, 0) is 49.2 Å². The van der Waals surface area contributed by atoms with E-state index in [1.807, 2.05) is 43.3 Å². The normalized spacial score (nSPS) is 10.2. The van der Waals surface area contributed by atoms with Crippen molar-refractivity contribution < 1.29 is 9.59 Å². The van der Waals surface area contributed by atoms with E-state index in [0.717, 1.165) is 36.2 Å². The molecule has 2 aromatic rings. The molecule has 0 aliphatic rings. The molecule has 0 aliphatic carbocycles. The summed E-state index contributed by atoms with van der Waals surface area (Å²) in [4.78, 5) is 24.1. The Bertz CT molecular complexity index is 696. The van der Waals surface area contributed by atoms with E-state index in [9.17, 15) is 9.59 Å². The zero-order valence-electron chi connectivity index (χ0n) is 14.3. The van der Waals surface area contributed by atoms with Gasteiger partial charge >= 0.3 is 0 Å². The Labute approximate surface area is 143 Å². The first-order valence-corrected chi connectivity index (χ1v) is 8.37. The lowest BCUT2D eigenvalue weighted by Gasteiger charge is -2.11. The lowest BCUT2D eigenvalue weighted by Crippen LogP contribution is -2.14. The molecule has 4 heteroatoms. The van der Waals surface area contributed by atoms with Crippen molar-refractivity contribution in [3.63, 3.8) is 0 Å². The number of carbonyl (C=O) groups excluding carboxylic acids is 2. The number of hydrogen-bond donors (Lipinski definition) is 2. The van der Waals surface area contributed by atoms with Crippen LogP contribution in [0.1, 0.15) is 48.5 Å². The van der Waals surface area contributed by atoms with Crippen molar-refractivity contribution >= 4 is 23.2 Å². The van der Waals surface area contributed by atoms with E-state index in [4.69, 9.17) is 0 Å². The number of amides is 2. The van der Waals surface area contributed by atoms with Crippen LogP contribution in [0.15, 0.2) is 48.5 Å². The Balaban J connectivity index is 1.97. The summed E-state index contributed by atoms with van der Waals surface area (Å²) in [5.41, 5.74) is 3.02. The fourth-order valence-electron chi connectivity index (χ4n) is 2.42. The molecule has 0 radical (unpaired) electrons. The first-order chi connectivity index (χ1) is 11.6. The number of nitrogens with one attached hydrogen (secondary N) is 2. The van der Waals surface area contributed by atoms with Gasteiger partial charge in [0.25, 0.3) is 5.91 Å². The minimum atomic E-state index is -0.143. The number of rotatable bonds is 7. The van der Waals surface area contributed by atoms with Crippen LogP contribution in [0.5, 0.6) is 0 Å². The first kappa shape index (κ1) is 17.7. The maximum absolute atomic E-state index is 12.2. The second kappa shape index (κ2) is 8.87. The van der Waals surface area contributed by atoms with Crippen molar-refractivity contribution in [2.75, 3.05) is 10.6 Å². The van der Waals surface area contributed by atoms with Crippen LogP contribution in [0.4, 0.5) is 11.4 Å². The van der Waals surface area contributed by atoms with Crippen molar-refractivity contribution in [1.82, 2.24) is 0 Å². The molecule has 0 spiro atoms. The zero-order chi connectivity index (χ0) is 17.4. The van der Waals surface area contributed by atoms with E-state index >= 15 is 0 Å². The third kappa shape index (κ3) is 5.23. The van der Waals surface area contributed by atoms with Gasteiger partial charge in [0.15, 0.2) is 0 Å². The van der Waals surface area contributed by atoms with Crippen LogP contribution < -0.4 is 10.6 Å². The molecule has 0 bridgehead atoms. The molecule has 0 aromatic heterocycles. The number of carbonyl (C=O) groups is 2. The van der Waals surface area contributed by atoms with E-state index in [1.165, 1.54) is 0 Å². The Morgan fingerprint density at radius 2 is 1.71 bits per heavy atom. The highest BCUT2D eigenvalue weighted by molar-refractivity contribution is 6.04. The van der Waals surface area contributed by atoms with E-state index in [2.05, 4.69) is 17.6 Å². The van der Waals surface area contributed by atoms with E-state index in [0.29, 0.717) is 12.0 Å². The van der Waals surface area contributed by atoms with E-state index < -0.39 is 0 Å². The van der Waals surface area contributed by atoms with E-state index in [-0.39, 0.29) is 11.8 Å². The molecular formula is C20H24N2O2. The average Bonchev–Trinajstić information content (AvgIpc) is 2.58. The monoisotopic (exact) mass is 324 g/mol. The van der Waals surface area contributed by atoms with Crippen molar-refractivity contribution in [3.05, 3.63) is 59.7 Å². The molecule has 0 fully saturated rings. The van der Waals surface area contributed by atoms with Crippen LogP contribution in [-0.2, 0) is 4.79 Å². The molecule has 0 aliphatic heterocycles. The number of aryl methyl sites for hydroxylation is 1. The Kier molecular flexibility index (Phi) is 6.55. The number of benzene rings is 2. The van der Waals surface area contributed by atoms with Crippen LogP contribution in [0.25, 0.3) is 0 Å². The molecule has 2 N–H and O–H groups in total. The molecule has 0 heterocycles. The molecule has 2 amide bonds. The number of hydrogen-bond acceptors (Lipinski definition) is 2. The van der Waals surface area contributed by atoms with Crippen LogP contribution in [0, 0.1) is 6.92 Å². The highest BCUT2D eigenvalue weighted by Gasteiger charge is 2.08. The topological polar surface area (TPSA) is 58.2 Å². The van der Waals surface area contributed by atoms with Gasteiger partial charge in [0.05, 0.1) is 0 Å². The number of unbranched alkanes of at least 4 members (excludes halogenated alkanes) is 2. The number of anilines is 2. The van der Waals surface area contributed by atoms with Crippen molar-refractivity contribution in [3.8, 4) is 0 Å². The Hall–Kier alpha value is -2.62. The van der Waals surface area contributed by atoms with Gasteiger partial charge in [0, 0.05) is 23.4 Å². The largest absolute Gasteiger partial charge is 0.326 e. The SMILES string of the molecule is CCCCCC(=O)Nc1ccc(NC(=O)c2ccccc2)c(C)c1. The second-order valence-electron chi connectivity index (χ2n) is 5.86. The van der Waals surface area contributed by atoms with Crippen molar-refractivity contribution in [2.24, 2.45) is 0 Å². The summed E-state index contributed by atoms with van der Waals surface area (Å²) < 4.78 is 0. The highest BCUT2D eigenvalue weighted by Crippen LogP contribution is 2.21. The lowest BCUT2D eigenvalue weighted by molar-refractivity contribution is -0.116. The van der Waals surface area contributed by atoms with Gasteiger partial charge in [-0.3, -0.25) is 9.59 Å². The van der Waals surface area contributed by atoms with Gasteiger partial charge in [-0.25, -0.2) is 0 Å². The van der Waals surface area contributed by atoms with Gasteiger partial charge in [-0.2, -0.15) is 0 Å². The Morgan fingerprint density at radius 1 is 0.958 bits per heavy atom. The summed E-state index contributed by atoms with van der Waals surface area (Å²) in [6.07, 6.45) is 3.62. The summed E-state index contributed by atoms with van der Waals surface area (Å²) in [6.45, 7) is 4.02. The van der Waals surface area contributed by atoms with Crippen molar-refractivity contribution in [1.29, 1.82) is 0 Å². The summed E-state index contributed by atoms with van der Waals surface area (Å²) >= 11 is 0. The minimum Gasteiger partial charge on any atom is -0.326 e.